The first-order chi connectivity index (χ1) is 14.0. The zero-order valence-electron chi connectivity index (χ0n) is 15.7. The van der Waals surface area contributed by atoms with Gasteiger partial charge < -0.3 is 15.5 Å². The van der Waals surface area contributed by atoms with Crippen molar-refractivity contribution in [3.05, 3.63) is 68.3 Å². The molecule has 10 heteroatoms. The van der Waals surface area contributed by atoms with E-state index >= 15 is 0 Å². The Kier molecular flexibility index (Phi) is 6.22. The number of amides is 1. The van der Waals surface area contributed by atoms with Gasteiger partial charge in [-0.15, -0.1) is 0 Å². The van der Waals surface area contributed by atoms with Crippen LogP contribution in [0.1, 0.15) is 23.2 Å². The first-order valence-electron chi connectivity index (χ1n) is 9.25. The number of carbonyl (C=O) groups is 1. The van der Waals surface area contributed by atoms with E-state index in [1.807, 2.05) is 0 Å². The van der Waals surface area contributed by atoms with Crippen LogP contribution in [0.15, 0.2) is 42.5 Å². The second-order valence-electron chi connectivity index (χ2n) is 6.64. The van der Waals surface area contributed by atoms with Gasteiger partial charge in [-0.1, -0.05) is 0 Å². The van der Waals surface area contributed by atoms with Crippen LogP contribution in [0.2, 0.25) is 0 Å². The van der Waals surface area contributed by atoms with E-state index in [1.165, 1.54) is 24.3 Å². The Morgan fingerprint density at radius 1 is 0.931 bits per heavy atom. The first kappa shape index (κ1) is 20.1. The van der Waals surface area contributed by atoms with Gasteiger partial charge in [-0.2, -0.15) is 0 Å². The third-order valence-corrected chi connectivity index (χ3v) is 4.70. The van der Waals surface area contributed by atoms with E-state index in [4.69, 9.17) is 0 Å². The summed E-state index contributed by atoms with van der Waals surface area (Å²) >= 11 is 0. The molecule has 0 bridgehead atoms. The summed E-state index contributed by atoms with van der Waals surface area (Å²) in [6, 6.07) is 10.3. The third kappa shape index (κ3) is 4.98. The highest BCUT2D eigenvalue weighted by molar-refractivity contribution is 6.00. The van der Waals surface area contributed by atoms with Crippen molar-refractivity contribution in [1.82, 2.24) is 5.32 Å². The molecule has 2 N–H and O–H groups in total. The lowest BCUT2D eigenvalue weighted by Gasteiger charge is -2.21. The highest BCUT2D eigenvalue weighted by atomic mass is 16.6. The Morgan fingerprint density at radius 3 is 2.17 bits per heavy atom. The predicted octanol–water partition coefficient (Wildman–Crippen LogP) is 2.95. The Bertz CT molecular complexity index is 910. The molecule has 0 aliphatic carbocycles. The van der Waals surface area contributed by atoms with Gasteiger partial charge in [-0.05, 0) is 31.0 Å². The lowest BCUT2D eigenvalue weighted by Crippen LogP contribution is -2.31. The molecule has 0 aromatic heterocycles. The lowest BCUT2D eigenvalue weighted by atomic mass is 10.1. The fourth-order valence-electron chi connectivity index (χ4n) is 3.23. The molecule has 1 amide bonds. The quantitative estimate of drug-likeness (QED) is 0.396. The highest BCUT2D eigenvalue weighted by Crippen LogP contribution is 2.28. The Balaban J connectivity index is 1.61. The van der Waals surface area contributed by atoms with Crippen LogP contribution in [-0.4, -0.2) is 41.9 Å². The topological polar surface area (TPSA) is 131 Å². The highest BCUT2D eigenvalue weighted by Gasteiger charge is 2.22. The molecule has 2 aromatic rings. The summed E-state index contributed by atoms with van der Waals surface area (Å²) in [5.41, 5.74) is 1.56. The van der Waals surface area contributed by atoms with Crippen LogP contribution >= 0.6 is 0 Å². The number of carbonyl (C=O) groups excluding carboxylic acids is 1. The van der Waals surface area contributed by atoms with Crippen molar-refractivity contribution >= 4 is 28.7 Å². The zero-order valence-corrected chi connectivity index (χ0v) is 15.7. The van der Waals surface area contributed by atoms with Gasteiger partial charge in [0.15, 0.2) is 0 Å². The standard InChI is InChI=1S/C19H21N5O5/c25-19(21-10-9-20-14-3-5-15(6-4-14)23(26)27)17-13-16(24(28)29)7-8-18(17)22-11-1-2-12-22/h3-8,13,20H,1-2,9-12H2,(H,21,25). The van der Waals surface area contributed by atoms with Crippen molar-refractivity contribution in [3.8, 4) is 0 Å². The monoisotopic (exact) mass is 399 g/mol. The molecule has 0 spiro atoms. The van der Waals surface area contributed by atoms with E-state index in [2.05, 4.69) is 15.5 Å². The van der Waals surface area contributed by atoms with Gasteiger partial charge in [0.05, 0.1) is 21.1 Å². The van der Waals surface area contributed by atoms with Gasteiger partial charge in [-0.3, -0.25) is 25.0 Å². The number of non-ortho nitro benzene ring substituents is 2. The second kappa shape index (κ2) is 9.00. The summed E-state index contributed by atoms with van der Waals surface area (Å²) in [5.74, 6) is -0.374. The summed E-state index contributed by atoms with van der Waals surface area (Å²) < 4.78 is 0. The number of anilines is 2. The summed E-state index contributed by atoms with van der Waals surface area (Å²) in [6.45, 7) is 2.33. The average molecular weight is 399 g/mol. The minimum atomic E-state index is -0.513. The van der Waals surface area contributed by atoms with E-state index in [-0.39, 0.29) is 29.4 Å². The largest absolute Gasteiger partial charge is 0.383 e. The minimum Gasteiger partial charge on any atom is -0.383 e. The molecule has 1 fully saturated rings. The lowest BCUT2D eigenvalue weighted by molar-refractivity contribution is -0.385. The summed E-state index contributed by atoms with van der Waals surface area (Å²) in [7, 11) is 0. The van der Waals surface area contributed by atoms with Crippen molar-refractivity contribution in [1.29, 1.82) is 0 Å². The van der Waals surface area contributed by atoms with Gasteiger partial charge >= 0.3 is 0 Å². The first-order valence-corrected chi connectivity index (χ1v) is 9.25. The number of hydrogen-bond acceptors (Lipinski definition) is 7. The van der Waals surface area contributed by atoms with Gasteiger partial charge in [0.2, 0.25) is 0 Å². The maximum atomic E-state index is 12.7. The Morgan fingerprint density at radius 2 is 1.55 bits per heavy atom. The van der Waals surface area contributed by atoms with Gasteiger partial charge in [0, 0.05) is 56.1 Å². The predicted molar refractivity (Wildman–Crippen MR) is 108 cm³/mol. The minimum absolute atomic E-state index is 0.00367. The van der Waals surface area contributed by atoms with Crippen molar-refractivity contribution < 1.29 is 14.6 Å². The molecular weight excluding hydrogens is 378 g/mol. The number of nitrogens with one attached hydrogen (secondary N) is 2. The molecule has 0 unspecified atom stereocenters. The summed E-state index contributed by atoms with van der Waals surface area (Å²) in [4.78, 5) is 35.5. The van der Waals surface area contributed by atoms with Crippen LogP contribution < -0.4 is 15.5 Å². The van der Waals surface area contributed by atoms with Crippen LogP contribution in [0.4, 0.5) is 22.7 Å². The molecule has 0 saturated carbocycles. The molecule has 3 rings (SSSR count). The molecule has 1 heterocycles. The van der Waals surface area contributed by atoms with Gasteiger partial charge in [-0.25, -0.2) is 0 Å². The Hall–Kier alpha value is -3.69. The molecular formula is C19H21N5O5. The van der Waals surface area contributed by atoms with Crippen LogP contribution in [0.5, 0.6) is 0 Å². The van der Waals surface area contributed by atoms with Crippen molar-refractivity contribution in [2.75, 3.05) is 36.4 Å². The molecule has 0 atom stereocenters. The van der Waals surface area contributed by atoms with Crippen molar-refractivity contribution in [2.24, 2.45) is 0 Å². The fraction of sp³-hybridized carbons (Fsp3) is 0.316. The molecule has 152 valence electrons. The van der Waals surface area contributed by atoms with E-state index in [0.29, 0.717) is 17.9 Å². The summed E-state index contributed by atoms with van der Waals surface area (Å²) in [6.07, 6.45) is 2.05. The van der Waals surface area contributed by atoms with E-state index in [0.717, 1.165) is 25.9 Å². The third-order valence-electron chi connectivity index (χ3n) is 4.70. The second-order valence-corrected chi connectivity index (χ2v) is 6.64. The van der Waals surface area contributed by atoms with E-state index in [9.17, 15) is 25.0 Å². The van der Waals surface area contributed by atoms with Crippen LogP contribution in [0.25, 0.3) is 0 Å². The maximum absolute atomic E-state index is 12.7. The number of hydrogen-bond donors (Lipinski definition) is 2. The van der Waals surface area contributed by atoms with E-state index in [1.54, 1.807) is 18.2 Å². The molecule has 1 aliphatic rings. The number of nitro benzene ring substituents is 2. The molecule has 2 aromatic carbocycles. The van der Waals surface area contributed by atoms with E-state index < -0.39 is 9.85 Å². The number of nitrogens with zero attached hydrogens (tertiary/aromatic N) is 3. The smallest absolute Gasteiger partial charge is 0.270 e. The molecule has 1 aliphatic heterocycles. The van der Waals surface area contributed by atoms with Crippen molar-refractivity contribution in [3.63, 3.8) is 0 Å². The molecule has 29 heavy (non-hydrogen) atoms. The Labute approximate surface area is 166 Å². The molecule has 10 nitrogen and oxygen atoms in total. The van der Waals surface area contributed by atoms with Crippen LogP contribution in [0.3, 0.4) is 0 Å². The van der Waals surface area contributed by atoms with Crippen LogP contribution in [0, 0.1) is 20.2 Å². The molecule has 1 saturated heterocycles. The number of benzene rings is 2. The molecule has 0 radical (unpaired) electrons. The van der Waals surface area contributed by atoms with Gasteiger partial charge in [0.25, 0.3) is 17.3 Å². The van der Waals surface area contributed by atoms with Gasteiger partial charge in [0.1, 0.15) is 0 Å². The summed E-state index contributed by atoms with van der Waals surface area (Å²) in [5, 5.41) is 27.6. The zero-order chi connectivity index (χ0) is 20.8. The number of nitro groups is 2. The van der Waals surface area contributed by atoms with Crippen molar-refractivity contribution in [2.45, 2.75) is 12.8 Å². The fourth-order valence-corrected chi connectivity index (χ4v) is 3.23. The number of rotatable bonds is 8. The SMILES string of the molecule is O=C(NCCNc1ccc([N+](=O)[O-])cc1)c1cc([N+](=O)[O-])ccc1N1CCCC1. The van der Waals surface area contributed by atoms with Crippen LogP contribution in [-0.2, 0) is 0 Å². The normalized spacial score (nSPS) is 13.2. The average Bonchev–Trinajstić information content (AvgIpc) is 3.25. The maximum Gasteiger partial charge on any atom is 0.270 e.